The number of methoxy groups -OCH3 is 1. The van der Waals surface area contributed by atoms with E-state index in [1.165, 1.54) is 7.11 Å². The highest BCUT2D eigenvalue weighted by atomic mass is 35.5. The van der Waals surface area contributed by atoms with E-state index in [2.05, 4.69) is 5.32 Å². The molecular formula is C24H27Cl2NO5. The van der Waals surface area contributed by atoms with Gasteiger partial charge in [0.1, 0.15) is 5.92 Å². The lowest BCUT2D eigenvalue weighted by molar-refractivity contribution is -0.151. The first-order valence-corrected chi connectivity index (χ1v) is 11.3. The maximum Gasteiger partial charge on any atom is 0.337 e. The van der Waals surface area contributed by atoms with Gasteiger partial charge in [0, 0.05) is 22.9 Å². The van der Waals surface area contributed by atoms with Gasteiger partial charge in [-0.1, -0.05) is 43.1 Å². The molecule has 0 amide bonds. The van der Waals surface area contributed by atoms with Crippen LogP contribution in [0.1, 0.15) is 52.0 Å². The van der Waals surface area contributed by atoms with Gasteiger partial charge in [0.05, 0.1) is 28.8 Å². The molecule has 32 heavy (non-hydrogen) atoms. The molecule has 172 valence electrons. The number of dihydropyridines is 1. The summed E-state index contributed by atoms with van der Waals surface area (Å²) in [6.07, 6.45) is 0.819. The second kappa shape index (κ2) is 9.67. The zero-order valence-electron chi connectivity index (χ0n) is 18.8. The lowest BCUT2D eigenvalue weighted by atomic mass is 9.69. The van der Waals surface area contributed by atoms with E-state index < -0.39 is 23.8 Å². The molecule has 1 heterocycles. The Morgan fingerprint density at radius 1 is 1.25 bits per heavy atom. The third-order valence-corrected chi connectivity index (χ3v) is 6.86. The topological polar surface area (TPSA) is 81.7 Å². The van der Waals surface area contributed by atoms with Crippen molar-refractivity contribution in [3.63, 3.8) is 0 Å². The number of ketones is 1. The summed E-state index contributed by atoms with van der Waals surface area (Å²) in [6.45, 7) is 7.35. The van der Waals surface area contributed by atoms with Gasteiger partial charge in [0.2, 0.25) is 0 Å². The number of Topliss-reactive ketones (excluding diaryl/α,β-unsaturated/α-hetero) is 1. The fraction of sp³-hybridized carbons (Fsp3) is 0.458. The number of rotatable bonds is 5. The van der Waals surface area contributed by atoms with E-state index in [-0.39, 0.29) is 17.8 Å². The van der Waals surface area contributed by atoms with Crippen LogP contribution in [0.3, 0.4) is 0 Å². The number of allylic oxidation sites excluding steroid dienone is 3. The molecule has 1 aliphatic carbocycles. The molecular weight excluding hydrogens is 453 g/mol. The van der Waals surface area contributed by atoms with Crippen LogP contribution in [0.25, 0.3) is 0 Å². The molecule has 1 aromatic rings. The number of benzene rings is 1. The van der Waals surface area contributed by atoms with Crippen LogP contribution in [0.15, 0.2) is 40.7 Å². The molecule has 4 atom stereocenters. The zero-order chi connectivity index (χ0) is 23.7. The molecule has 0 saturated carbocycles. The maximum absolute atomic E-state index is 13.6. The van der Waals surface area contributed by atoms with Crippen molar-refractivity contribution in [3.8, 4) is 0 Å². The van der Waals surface area contributed by atoms with E-state index in [9.17, 15) is 14.4 Å². The van der Waals surface area contributed by atoms with Crippen molar-refractivity contribution in [2.45, 2.75) is 52.6 Å². The fourth-order valence-electron chi connectivity index (χ4n) is 4.31. The van der Waals surface area contributed by atoms with Crippen LogP contribution in [0.2, 0.25) is 10.0 Å². The minimum atomic E-state index is -0.948. The van der Waals surface area contributed by atoms with Crippen LogP contribution in [0, 0.1) is 11.8 Å². The number of carbonyl (C=O) groups is 3. The van der Waals surface area contributed by atoms with Crippen LogP contribution < -0.4 is 5.32 Å². The van der Waals surface area contributed by atoms with Gasteiger partial charge in [-0.05, 0) is 50.3 Å². The van der Waals surface area contributed by atoms with E-state index in [4.69, 9.17) is 32.7 Å². The summed E-state index contributed by atoms with van der Waals surface area (Å²) in [5.41, 5.74) is 2.59. The molecule has 0 fully saturated rings. The molecule has 0 aromatic heterocycles. The number of nitrogens with one attached hydrogen (secondary N) is 1. The molecule has 0 unspecified atom stereocenters. The SMILES string of the molecule is CC[C@@H](C)OC(=O)C1=C(C)NC2=C(C(=O)[C@H](C(=O)OC)[C@@H](C)C2)[C@@H]1c1ccc(Cl)c(Cl)c1. The molecule has 6 nitrogen and oxygen atoms in total. The van der Waals surface area contributed by atoms with Gasteiger partial charge in [0.25, 0.3) is 0 Å². The predicted octanol–water partition coefficient (Wildman–Crippen LogP) is 4.95. The Hall–Kier alpha value is -2.31. The van der Waals surface area contributed by atoms with E-state index >= 15 is 0 Å². The van der Waals surface area contributed by atoms with Gasteiger partial charge in [-0.15, -0.1) is 0 Å². The van der Waals surface area contributed by atoms with Gasteiger partial charge in [0.15, 0.2) is 5.78 Å². The van der Waals surface area contributed by atoms with Gasteiger partial charge in [-0.25, -0.2) is 4.79 Å². The van der Waals surface area contributed by atoms with Crippen LogP contribution >= 0.6 is 23.2 Å². The summed E-state index contributed by atoms with van der Waals surface area (Å²) in [4.78, 5) is 39.3. The third-order valence-electron chi connectivity index (χ3n) is 6.12. The van der Waals surface area contributed by atoms with Crippen LogP contribution in [0.4, 0.5) is 0 Å². The summed E-state index contributed by atoms with van der Waals surface area (Å²) >= 11 is 12.4. The highest BCUT2D eigenvalue weighted by Crippen LogP contribution is 2.46. The van der Waals surface area contributed by atoms with E-state index in [0.717, 1.165) is 0 Å². The van der Waals surface area contributed by atoms with E-state index in [1.54, 1.807) is 25.1 Å². The first-order valence-electron chi connectivity index (χ1n) is 10.6. The van der Waals surface area contributed by atoms with Crippen molar-refractivity contribution >= 4 is 40.9 Å². The van der Waals surface area contributed by atoms with Crippen molar-refractivity contribution in [1.29, 1.82) is 0 Å². The largest absolute Gasteiger partial charge is 0.468 e. The van der Waals surface area contributed by atoms with Crippen molar-refractivity contribution < 1.29 is 23.9 Å². The Kier molecular flexibility index (Phi) is 7.36. The number of esters is 2. The Morgan fingerprint density at radius 2 is 1.94 bits per heavy atom. The fourth-order valence-corrected chi connectivity index (χ4v) is 4.61. The Morgan fingerprint density at radius 3 is 2.53 bits per heavy atom. The second-order valence-corrected chi connectivity index (χ2v) is 9.15. The van der Waals surface area contributed by atoms with Gasteiger partial charge in [-0.3, -0.25) is 9.59 Å². The minimum Gasteiger partial charge on any atom is -0.468 e. The molecule has 0 saturated heterocycles. The smallest absolute Gasteiger partial charge is 0.337 e. The van der Waals surface area contributed by atoms with Crippen molar-refractivity contribution in [3.05, 3.63) is 56.3 Å². The lowest BCUT2D eigenvalue weighted by Crippen LogP contribution is -2.43. The molecule has 2 aliphatic rings. The van der Waals surface area contributed by atoms with E-state index in [0.29, 0.717) is 51.0 Å². The monoisotopic (exact) mass is 479 g/mol. The highest BCUT2D eigenvalue weighted by molar-refractivity contribution is 6.42. The molecule has 3 rings (SSSR count). The molecule has 0 spiro atoms. The molecule has 0 radical (unpaired) electrons. The normalized spacial score (nSPS) is 24.0. The molecule has 8 heteroatoms. The Balaban J connectivity index is 2.19. The van der Waals surface area contributed by atoms with Crippen molar-refractivity contribution in [2.24, 2.45) is 11.8 Å². The number of ether oxygens (including phenoxy) is 2. The van der Waals surface area contributed by atoms with Crippen LogP contribution in [-0.2, 0) is 23.9 Å². The Labute approximate surface area is 197 Å². The van der Waals surface area contributed by atoms with Gasteiger partial charge >= 0.3 is 11.9 Å². The summed E-state index contributed by atoms with van der Waals surface area (Å²) in [6, 6.07) is 5.01. The lowest BCUT2D eigenvalue weighted by Gasteiger charge is -2.38. The van der Waals surface area contributed by atoms with E-state index in [1.807, 2.05) is 20.8 Å². The van der Waals surface area contributed by atoms with Gasteiger partial charge < -0.3 is 14.8 Å². The third kappa shape index (κ3) is 4.44. The second-order valence-electron chi connectivity index (χ2n) is 8.33. The number of hydrogen-bond acceptors (Lipinski definition) is 6. The predicted molar refractivity (Wildman–Crippen MR) is 122 cm³/mol. The summed E-state index contributed by atoms with van der Waals surface area (Å²) < 4.78 is 10.5. The summed E-state index contributed by atoms with van der Waals surface area (Å²) in [5.74, 6) is -3.42. The molecule has 1 N–H and O–H groups in total. The van der Waals surface area contributed by atoms with Gasteiger partial charge in [-0.2, -0.15) is 0 Å². The number of hydrogen-bond donors (Lipinski definition) is 1. The molecule has 0 bridgehead atoms. The minimum absolute atomic E-state index is 0.253. The summed E-state index contributed by atoms with van der Waals surface area (Å²) in [7, 11) is 1.26. The van der Waals surface area contributed by atoms with Crippen LogP contribution in [-0.4, -0.2) is 30.9 Å². The highest BCUT2D eigenvalue weighted by Gasteiger charge is 2.47. The number of carbonyl (C=O) groups excluding carboxylic acids is 3. The average molecular weight is 480 g/mol. The molecule has 1 aliphatic heterocycles. The standard InChI is InChI=1S/C24H27Cl2NO5/c1-6-12(3)32-24(30)19-13(4)27-17-9-11(2)18(23(29)31-5)22(28)21(17)20(19)14-7-8-15(25)16(26)10-14/h7-8,10-12,18,20,27H,6,9H2,1-5H3/t11-,12+,18+,20+/m0/s1. The van der Waals surface area contributed by atoms with Crippen molar-refractivity contribution in [1.82, 2.24) is 5.32 Å². The average Bonchev–Trinajstić information content (AvgIpc) is 2.74. The Bertz CT molecular complexity index is 1030. The molecule has 1 aromatic carbocycles. The van der Waals surface area contributed by atoms with Crippen molar-refractivity contribution in [2.75, 3.05) is 7.11 Å². The number of halogens is 2. The first kappa shape index (κ1) is 24.3. The summed E-state index contributed by atoms with van der Waals surface area (Å²) in [5, 5.41) is 3.90. The maximum atomic E-state index is 13.6. The quantitative estimate of drug-likeness (QED) is 0.475. The zero-order valence-corrected chi connectivity index (χ0v) is 20.3. The first-order chi connectivity index (χ1) is 15.1. The van der Waals surface area contributed by atoms with Crippen LogP contribution in [0.5, 0.6) is 0 Å².